The summed E-state index contributed by atoms with van der Waals surface area (Å²) in [5.41, 5.74) is 11.5. The quantitative estimate of drug-likeness (QED) is 0.757. The van der Waals surface area contributed by atoms with Gasteiger partial charge < -0.3 is 15.2 Å². The number of nitrogens with zero attached hydrogens (tertiary/aromatic N) is 3. The van der Waals surface area contributed by atoms with Gasteiger partial charge in [0.05, 0.1) is 22.3 Å². The van der Waals surface area contributed by atoms with E-state index >= 15 is 0 Å². The van der Waals surface area contributed by atoms with Gasteiger partial charge in [0.2, 0.25) is 0 Å². The highest BCUT2D eigenvalue weighted by atomic mass is 35.5. The van der Waals surface area contributed by atoms with Gasteiger partial charge in [0.15, 0.2) is 0 Å². The predicted octanol–water partition coefficient (Wildman–Crippen LogP) is 3.64. The molecule has 0 radical (unpaired) electrons. The molecule has 0 saturated carbocycles. The van der Waals surface area contributed by atoms with Crippen molar-refractivity contribution in [2.24, 2.45) is 10.7 Å². The Balaban J connectivity index is 1.65. The second-order valence-corrected chi connectivity index (χ2v) is 7.70. The van der Waals surface area contributed by atoms with Gasteiger partial charge in [-0.1, -0.05) is 40.5 Å². The topological polar surface area (TPSA) is 84.7 Å². The molecule has 1 aromatic carbocycles. The Morgan fingerprint density at radius 2 is 2.11 bits per heavy atom. The van der Waals surface area contributed by atoms with Gasteiger partial charge in [-0.3, -0.25) is 9.79 Å². The number of hydrogen-bond donors (Lipinski definition) is 1. The van der Waals surface area contributed by atoms with Crippen LogP contribution in [0.1, 0.15) is 28.0 Å². The summed E-state index contributed by atoms with van der Waals surface area (Å²) in [4.78, 5) is 19.4. The van der Waals surface area contributed by atoms with Crippen LogP contribution in [0, 0.1) is 0 Å². The van der Waals surface area contributed by atoms with Crippen molar-refractivity contribution in [3.05, 3.63) is 74.8 Å². The molecular weight excluding hydrogens is 399 g/mol. The van der Waals surface area contributed by atoms with Crippen LogP contribution in [0.2, 0.25) is 10.0 Å². The molecule has 0 saturated heterocycles. The van der Waals surface area contributed by atoms with Crippen molar-refractivity contribution in [1.82, 2.24) is 10.1 Å². The van der Waals surface area contributed by atoms with Crippen molar-refractivity contribution in [3.8, 4) is 0 Å². The first-order chi connectivity index (χ1) is 13.4. The zero-order valence-corrected chi connectivity index (χ0v) is 16.6. The molecular formula is C20H18Cl2N4O2. The minimum atomic E-state index is -0.137. The zero-order chi connectivity index (χ0) is 19.8. The number of amides is 1. The Labute approximate surface area is 172 Å². The summed E-state index contributed by atoms with van der Waals surface area (Å²) in [7, 11) is 0. The van der Waals surface area contributed by atoms with Crippen molar-refractivity contribution in [2.45, 2.75) is 12.8 Å². The molecule has 1 aromatic heterocycles. The highest BCUT2D eigenvalue weighted by molar-refractivity contribution is 6.42. The molecule has 2 aromatic rings. The lowest BCUT2D eigenvalue weighted by molar-refractivity contribution is 0.0766. The van der Waals surface area contributed by atoms with Gasteiger partial charge >= 0.3 is 0 Å². The number of benzene rings is 1. The van der Waals surface area contributed by atoms with E-state index in [9.17, 15) is 4.79 Å². The van der Waals surface area contributed by atoms with E-state index in [4.69, 9.17) is 33.5 Å². The molecule has 28 heavy (non-hydrogen) atoms. The Hall–Kier alpha value is -2.57. The van der Waals surface area contributed by atoms with E-state index < -0.39 is 0 Å². The molecule has 4 rings (SSSR count). The standard InChI is InChI=1S/C20H18Cl2N4O2/c1-11-6-13-10-28-25-18(13)19(24-8-11)14-9-26(5-4-17(14)23)20(27)12-2-3-15(21)16(22)7-12/h2-3,7,10H,1,4-6,8-9,23H2. The third kappa shape index (κ3) is 3.45. The number of hydrogen-bond acceptors (Lipinski definition) is 5. The van der Waals surface area contributed by atoms with Crippen molar-refractivity contribution < 1.29 is 9.32 Å². The Bertz CT molecular complexity index is 1040. The van der Waals surface area contributed by atoms with Crippen LogP contribution >= 0.6 is 23.2 Å². The summed E-state index contributed by atoms with van der Waals surface area (Å²) in [6, 6.07) is 4.87. The van der Waals surface area contributed by atoms with Crippen LogP contribution in [0.3, 0.4) is 0 Å². The molecule has 0 fully saturated rings. The SMILES string of the molecule is C=C1CN=C(C2=C(N)CCN(C(=O)c3ccc(Cl)c(Cl)c3)C2)c2nocc2C1. The van der Waals surface area contributed by atoms with Crippen molar-refractivity contribution in [1.29, 1.82) is 0 Å². The van der Waals surface area contributed by atoms with Gasteiger partial charge in [0.1, 0.15) is 12.0 Å². The molecule has 0 atom stereocenters. The summed E-state index contributed by atoms with van der Waals surface area (Å²) in [5.74, 6) is -0.137. The molecule has 0 bridgehead atoms. The van der Waals surface area contributed by atoms with Gasteiger partial charge in [0.25, 0.3) is 5.91 Å². The van der Waals surface area contributed by atoms with Crippen molar-refractivity contribution >= 4 is 34.8 Å². The summed E-state index contributed by atoms with van der Waals surface area (Å²) in [6.07, 6.45) is 2.82. The number of aromatic nitrogens is 1. The van der Waals surface area contributed by atoms with Crippen LogP contribution in [0.4, 0.5) is 0 Å². The highest BCUT2D eigenvalue weighted by Gasteiger charge is 2.29. The first-order valence-electron chi connectivity index (χ1n) is 8.81. The van der Waals surface area contributed by atoms with Crippen molar-refractivity contribution in [3.63, 3.8) is 0 Å². The summed E-state index contributed by atoms with van der Waals surface area (Å²) in [5, 5.41) is 4.88. The third-order valence-corrected chi connectivity index (χ3v) is 5.63. The Kier molecular flexibility index (Phi) is 5.00. The average molecular weight is 417 g/mol. The van der Waals surface area contributed by atoms with Crippen LogP contribution < -0.4 is 5.73 Å². The van der Waals surface area contributed by atoms with E-state index in [2.05, 4.69) is 16.7 Å². The first kappa shape index (κ1) is 18.8. The number of rotatable bonds is 2. The van der Waals surface area contributed by atoms with Crippen molar-refractivity contribution in [2.75, 3.05) is 19.6 Å². The summed E-state index contributed by atoms with van der Waals surface area (Å²) >= 11 is 12.0. The maximum Gasteiger partial charge on any atom is 0.254 e. The predicted molar refractivity (Wildman–Crippen MR) is 109 cm³/mol. The fourth-order valence-electron chi connectivity index (χ4n) is 3.40. The van der Waals surface area contributed by atoms with Crippen LogP contribution in [0.25, 0.3) is 0 Å². The van der Waals surface area contributed by atoms with Crippen LogP contribution in [0.5, 0.6) is 0 Å². The minimum absolute atomic E-state index is 0.137. The molecule has 2 aliphatic heterocycles. The van der Waals surface area contributed by atoms with Crippen LogP contribution in [-0.4, -0.2) is 41.3 Å². The molecule has 0 unspecified atom stereocenters. The number of carbonyl (C=O) groups excluding carboxylic acids is 1. The number of fused-ring (bicyclic) bond motifs is 1. The van der Waals surface area contributed by atoms with E-state index in [0.29, 0.717) is 65.2 Å². The molecule has 2 aliphatic rings. The number of carbonyl (C=O) groups is 1. The van der Waals surface area contributed by atoms with Gasteiger partial charge in [-0.2, -0.15) is 0 Å². The van der Waals surface area contributed by atoms with Gasteiger partial charge in [-0.05, 0) is 18.2 Å². The molecule has 0 aliphatic carbocycles. The van der Waals surface area contributed by atoms with E-state index in [1.54, 1.807) is 29.4 Å². The smallest absolute Gasteiger partial charge is 0.254 e. The average Bonchev–Trinajstić information content (AvgIpc) is 3.06. The lowest BCUT2D eigenvalue weighted by Gasteiger charge is -2.30. The summed E-state index contributed by atoms with van der Waals surface area (Å²) < 4.78 is 5.15. The molecule has 6 nitrogen and oxygen atoms in total. The molecule has 3 heterocycles. The maximum atomic E-state index is 13.0. The fourth-order valence-corrected chi connectivity index (χ4v) is 3.70. The molecule has 144 valence electrons. The second kappa shape index (κ2) is 7.45. The van der Waals surface area contributed by atoms with Crippen LogP contribution in [-0.2, 0) is 6.42 Å². The van der Waals surface area contributed by atoms with E-state index in [1.165, 1.54) is 0 Å². The van der Waals surface area contributed by atoms with Gasteiger partial charge in [-0.15, -0.1) is 0 Å². The number of nitrogens with two attached hydrogens (primary N) is 1. The highest BCUT2D eigenvalue weighted by Crippen LogP contribution is 2.27. The largest absolute Gasteiger partial charge is 0.402 e. The molecule has 2 N–H and O–H groups in total. The number of halogens is 2. The zero-order valence-electron chi connectivity index (χ0n) is 15.0. The number of aliphatic imine (C=N–C) groups is 1. The maximum absolute atomic E-state index is 13.0. The van der Waals surface area contributed by atoms with Gasteiger partial charge in [0, 0.05) is 48.3 Å². The minimum Gasteiger partial charge on any atom is -0.402 e. The Morgan fingerprint density at radius 3 is 2.89 bits per heavy atom. The van der Waals surface area contributed by atoms with Gasteiger partial charge in [-0.25, -0.2) is 0 Å². The molecule has 0 spiro atoms. The Morgan fingerprint density at radius 1 is 1.29 bits per heavy atom. The normalized spacial score (nSPS) is 17.3. The van der Waals surface area contributed by atoms with E-state index in [0.717, 1.165) is 16.7 Å². The lowest BCUT2D eigenvalue weighted by Crippen LogP contribution is -2.40. The fraction of sp³-hybridized carbons (Fsp3) is 0.250. The monoisotopic (exact) mass is 416 g/mol. The second-order valence-electron chi connectivity index (χ2n) is 6.89. The van der Waals surface area contributed by atoms with E-state index in [1.807, 2.05) is 0 Å². The summed E-state index contributed by atoms with van der Waals surface area (Å²) in [6.45, 7) is 5.38. The third-order valence-electron chi connectivity index (χ3n) is 4.90. The molecule has 1 amide bonds. The van der Waals surface area contributed by atoms with Crippen LogP contribution in [0.15, 0.2) is 57.4 Å². The lowest BCUT2D eigenvalue weighted by atomic mass is 9.96. The molecule has 8 heteroatoms. The first-order valence-corrected chi connectivity index (χ1v) is 9.56. The van der Waals surface area contributed by atoms with E-state index in [-0.39, 0.29) is 5.91 Å².